The minimum absolute atomic E-state index is 0.0524. The molecule has 5 heteroatoms. The molecule has 0 saturated carbocycles. The highest BCUT2D eigenvalue weighted by Gasteiger charge is 2.31. The van der Waals surface area contributed by atoms with Crippen LogP contribution in [0.15, 0.2) is 24.5 Å². The lowest BCUT2D eigenvalue weighted by molar-refractivity contribution is -0.0907. The molecule has 1 aromatic rings. The fourth-order valence-electron chi connectivity index (χ4n) is 2.43. The summed E-state index contributed by atoms with van der Waals surface area (Å²) in [6, 6.07) is 4.44. The third kappa shape index (κ3) is 2.87. The monoisotopic (exact) mass is 251 g/mol. The van der Waals surface area contributed by atoms with Crippen molar-refractivity contribution in [1.82, 2.24) is 9.88 Å². The van der Waals surface area contributed by atoms with Crippen LogP contribution in [0.4, 0.5) is 0 Å². The fourth-order valence-corrected chi connectivity index (χ4v) is 2.43. The summed E-state index contributed by atoms with van der Waals surface area (Å²) in [6.45, 7) is 4.06. The van der Waals surface area contributed by atoms with E-state index in [0.717, 1.165) is 5.56 Å². The second-order valence-electron chi connectivity index (χ2n) is 4.72. The molecule has 18 heavy (non-hydrogen) atoms. The number of hydrogen-bond donors (Lipinski definition) is 2. The predicted molar refractivity (Wildman–Crippen MR) is 69.0 cm³/mol. The summed E-state index contributed by atoms with van der Waals surface area (Å²) >= 11 is 0. The van der Waals surface area contributed by atoms with Crippen molar-refractivity contribution in [3.63, 3.8) is 0 Å². The SMILES string of the molecule is CC1COC(CO)CN1C(CN)c1ccncc1. The average molecular weight is 251 g/mol. The first-order valence-electron chi connectivity index (χ1n) is 6.34. The summed E-state index contributed by atoms with van der Waals surface area (Å²) < 4.78 is 5.56. The molecule has 0 spiro atoms. The van der Waals surface area contributed by atoms with E-state index in [0.29, 0.717) is 25.7 Å². The Hall–Kier alpha value is -1.01. The molecule has 1 aliphatic rings. The van der Waals surface area contributed by atoms with Crippen molar-refractivity contribution in [3.05, 3.63) is 30.1 Å². The summed E-state index contributed by atoms with van der Waals surface area (Å²) in [6.07, 6.45) is 3.45. The van der Waals surface area contributed by atoms with Crippen LogP contribution in [0.1, 0.15) is 18.5 Å². The average Bonchev–Trinajstić information content (AvgIpc) is 2.43. The lowest BCUT2D eigenvalue weighted by Crippen LogP contribution is -2.52. The van der Waals surface area contributed by atoms with Gasteiger partial charge in [-0.15, -0.1) is 0 Å². The van der Waals surface area contributed by atoms with Crippen LogP contribution in [-0.2, 0) is 4.74 Å². The van der Waals surface area contributed by atoms with Gasteiger partial charge in [-0.3, -0.25) is 9.88 Å². The summed E-state index contributed by atoms with van der Waals surface area (Å²) in [4.78, 5) is 6.34. The molecule has 0 amide bonds. The molecule has 100 valence electrons. The van der Waals surface area contributed by atoms with Gasteiger partial charge in [0.1, 0.15) is 0 Å². The Kier molecular flexibility index (Phi) is 4.66. The van der Waals surface area contributed by atoms with Gasteiger partial charge in [0, 0.05) is 37.6 Å². The van der Waals surface area contributed by atoms with Crippen molar-refractivity contribution < 1.29 is 9.84 Å². The molecule has 0 bridgehead atoms. The number of pyridine rings is 1. The molecule has 0 aliphatic carbocycles. The third-order valence-electron chi connectivity index (χ3n) is 3.47. The topological polar surface area (TPSA) is 71.6 Å². The van der Waals surface area contributed by atoms with Gasteiger partial charge in [0.05, 0.1) is 19.3 Å². The summed E-state index contributed by atoms with van der Waals surface area (Å²) in [5.74, 6) is 0. The van der Waals surface area contributed by atoms with E-state index in [4.69, 9.17) is 10.5 Å². The highest BCUT2D eigenvalue weighted by Crippen LogP contribution is 2.25. The van der Waals surface area contributed by atoms with Crippen molar-refractivity contribution in [3.8, 4) is 0 Å². The Morgan fingerprint density at radius 2 is 2.28 bits per heavy atom. The molecule has 1 fully saturated rings. The molecule has 3 atom stereocenters. The van der Waals surface area contributed by atoms with Crippen molar-refractivity contribution in [2.45, 2.75) is 25.1 Å². The summed E-state index contributed by atoms with van der Waals surface area (Å²) in [7, 11) is 0. The maximum atomic E-state index is 9.23. The second kappa shape index (κ2) is 6.24. The Labute approximate surface area is 108 Å². The summed E-state index contributed by atoms with van der Waals surface area (Å²) in [5, 5.41) is 9.23. The molecular formula is C13H21N3O2. The molecule has 2 rings (SSSR count). The number of ether oxygens (including phenoxy) is 1. The Morgan fingerprint density at radius 3 is 2.89 bits per heavy atom. The van der Waals surface area contributed by atoms with Gasteiger partial charge in [-0.1, -0.05) is 0 Å². The molecule has 2 heterocycles. The number of aliphatic hydroxyl groups excluding tert-OH is 1. The summed E-state index contributed by atoms with van der Waals surface area (Å²) in [5.41, 5.74) is 7.08. The van der Waals surface area contributed by atoms with E-state index < -0.39 is 0 Å². The molecule has 1 saturated heterocycles. The standard InChI is InChI=1S/C13H21N3O2/c1-10-9-18-12(8-17)7-16(10)13(6-14)11-2-4-15-5-3-11/h2-5,10,12-13,17H,6-9,14H2,1H3. The number of nitrogens with zero attached hydrogens (tertiary/aromatic N) is 2. The van der Waals surface area contributed by atoms with Gasteiger partial charge in [-0.05, 0) is 24.6 Å². The Morgan fingerprint density at radius 1 is 1.56 bits per heavy atom. The van der Waals surface area contributed by atoms with Crippen LogP contribution in [0.5, 0.6) is 0 Å². The maximum Gasteiger partial charge on any atom is 0.0933 e. The molecule has 0 radical (unpaired) electrons. The van der Waals surface area contributed by atoms with Crippen molar-refractivity contribution in [2.24, 2.45) is 5.73 Å². The highest BCUT2D eigenvalue weighted by atomic mass is 16.5. The molecule has 3 N–H and O–H groups in total. The van der Waals surface area contributed by atoms with Crippen LogP contribution < -0.4 is 5.73 Å². The van der Waals surface area contributed by atoms with Gasteiger partial charge in [-0.2, -0.15) is 0 Å². The molecule has 1 aromatic heterocycles. The minimum atomic E-state index is -0.114. The van der Waals surface area contributed by atoms with Crippen molar-refractivity contribution in [1.29, 1.82) is 0 Å². The molecule has 3 unspecified atom stereocenters. The number of aromatic nitrogens is 1. The van der Waals surface area contributed by atoms with E-state index in [1.807, 2.05) is 12.1 Å². The van der Waals surface area contributed by atoms with Crippen LogP contribution in [0.2, 0.25) is 0 Å². The quantitative estimate of drug-likeness (QED) is 0.798. The van der Waals surface area contributed by atoms with Crippen LogP contribution in [0.3, 0.4) is 0 Å². The van der Waals surface area contributed by atoms with E-state index in [9.17, 15) is 5.11 Å². The lowest BCUT2D eigenvalue weighted by Gasteiger charge is -2.42. The zero-order valence-electron chi connectivity index (χ0n) is 10.7. The first-order valence-corrected chi connectivity index (χ1v) is 6.34. The highest BCUT2D eigenvalue weighted by molar-refractivity contribution is 5.16. The van der Waals surface area contributed by atoms with Crippen molar-refractivity contribution in [2.75, 3.05) is 26.3 Å². The first-order chi connectivity index (χ1) is 8.76. The second-order valence-corrected chi connectivity index (χ2v) is 4.72. The van der Waals surface area contributed by atoms with Crippen LogP contribution >= 0.6 is 0 Å². The fraction of sp³-hybridized carbons (Fsp3) is 0.615. The first kappa shape index (κ1) is 13.4. The number of rotatable bonds is 4. The lowest BCUT2D eigenvalue weighted by atomic mass is 10.0. The van der Waals surface area contributed by atoms with E-state index in [-0.39, 0.29) is 18.8 Å². The molecule has 5 nitrogen and oxygen atoms in total. The van der Waals surface area contributed by atoms with Gasteiger partial charge in [0.2, 0.25) is 0 Å². The molecule has 0 aromatic carbocycles. The predicted octanol–water partition coefficient (Wildman–Crippen LogP) is 0.163. The zero-order valence-corrected chi connectivity index (χ0v) is 10.7. The number of aliphatic hydroxyl groups is 1. The van der Waals surface area contributed by atoms with E-state index in [2.05, 4.69) is 16.8 Å². The number of morpholine rings is 1. The minimum Gasteiger partial charge on any atom is -0.394 e. The van der Waals surface area contributed by atoms with E-state index in [1.54, 1.807) is 12.4 Å². The van der Waals surface area contributed by atoms with Gasteiger partial charge >= 0.3 is 0 Å². The third-order valence-corrected chi connectivity index (χ3v) is 3.47. The van der Waals surface area contributed by atoms with Crippen LogP contribution in [0.25, 0.3) is 0 Å². The Bertz CT molecular complexity index is 361. The Balaban J connectivity index is 2.15. The smallest absolute Gasteiger partial charge is 0.0933 e. The zero-order chi connectivity index (χ0) is 13.0. The van der Waals surface area contributed by atoms with Gasteiger partial charge in [0.25, 0.3) is 0 Å². The maximum absolute atomic E-state index is 9.23. The number of hydrogen-bond acceptors (Lipinski definition) is 5. The van der Waals surface area contributed by atoms with E-state index >= 15 is 0 Å². The molecule has 1 aliphatic heterocycles. The molecular weight excluding hydrogens is 230 g/mol. The largest absolute Gasteiger partial charge is 0.394 e. The van der Waals surface area contributed by atoms with Crippen LogP contribution in [0, 0.1) is 0 Å². The van der Waals surface area contributed by atoms with Crippen LogP contribution in [-0.4, -0.2) is 53.4 Å². The van der Waals surface area contributed by atoms with Crippen molar-refractivity contribution >= 4 is 0 Å². The van der Waals surface area contributed by atoms with Gasteiger partial charge < -0.3 is 15.6 Å². The number of nitrogens with two attached hydrogens (primary N) is 1. The normalized spacial score (nSPS) is 27.1. The van der Waals surface area contributed by atoms with Gasteiger partial charge in [-0.25, -0.2) is 0 Å². The van der Waals surface area contributed by atoms with Gasteiger partial charge in [0.15, 0.2) is 0 Å². The van der Waals surface area contributed by atoms with E-state index in [1.165, 1.54) is 0 Å².